The van der Waals surface area contributed by atoms with Gasteiger partial charge in [0, 0.05) is 17.5 Å². The number of aryl methyl sites for hydroxylation is 1. The van der Waals surface area contributed by atoms with Gasteiger partial charge in [-0.3, -0.25) is 0 Å². The predicted octanol–water partition coefficient (Wildman–Crippen LogP) is 3.01. The van der Waals surface area contributed by atoms with Crippen molar-refractivity contribution in [1.29, 1.82) is 0 Å². The molecule has 0 radical (unpaired) electrons. The van der Waals surface area contributed by atoms with Gasteiger partial charge in [0.2, 0.25) is 5.95 Å². The summed E-state index contributed by atoms with van der Waals surface area (Å²) >= 11 is 1.71. The van der Waals surface area contributed by atoms with Crippen LogP contribution in [0.1, 0.15) is 24.6 Å². The molecule has 0 amide bonds. The zero-order chi connectivity index (χ0) is 12.0. The van der Waals surface area contributed by atoms with Crippen LogP contribution in [0.2, 0.25) is 0 Å². The Morgan fingerprint density at radius 2 is 2.12 bits per heavy atom. The van der Waals surface area contributed by atoms with E-state index >= 15 is 0 Å². The summed E-state index contributed by atoms with van der Waals surface area (Å²) in [5, 5.41) is 7.70. The van der Waals surface area contributed by atoms with Gasteiger partial charge in [-0.05, 0) is 32.8 Å². The maximum atomic E-state index is 4.53. The summed E-state index contributed by atoms with van der Waals surface area (Å²) in [6.45, 7) is 4.34. The first-order chi connectivity index (χ1) is 8.09. The molecule has 5 heteroatoms. The van der Waals surface area contributed by atoms with E-state index in [1.165, 1.54) is 17.7 Å². The highest BCUT2D eigenvalue weighted by Gasteiger charge is 2.38. The fourth-order valence-corrected chi connectivity index (χ4v) is 2.73. The second kappa shape index (κ2) is 3.57. The molecule has 90 valence electrons. The minimum atomic E-state index is 0.238. The van der Waals surface area contributed by atoms with E-state index in [0.29, 0.717) is 5.95 Å². The van der Waals surface area contributed by atoms with Gasteiger partial charge in [-0.25, -0.2) is 4.98 Å². The highest BCUT2D eigenvalue weighted by molar-refractivity contribution is 7.18. The fourth-order valence-electron chi connectivity index (χ4n) is 1.85. The molecule has 1 fully saturated rings. The minimum Gasteiger partial charge on any atom is -0.364 e. The molecule has 2 N–H and O–H groups in total. The van der Waals surface area contributed by atoms with Crippen LogP contribution in [-0.4, -0.2) is 22.6 Å². The number of nitrogens with one attached hydrogen (secondary N) is 2. The van der Waals surface area contributed by atoms with E-state index in [4.69, 9.17) is 0 Å². The summed E-state index contributed by atoms with van der Waals surface area (Å²) in [4.78, 5) is 11.3. The average Bonchev–Trinajstić information content (AvgIpc) is 2.87. The number of rotatable bonds is 3. The Kier molecular flexibility index (Phi) is 2.26. The summed E-state index contributed by atoms with van der Waals surface area (Å²) < 4.78 is 0. The van der Waals surface area contributed by atoms with Crippen molar-refractivity contribution < 1.29 is 0 Å². The number of anilines is 2. The first kappa shape index (κ1) is 10.8. The molecule has 1 aliphatic rings. The van der Waals surface area contributed by atoms with Crippen molar-refractivity contribution in [2.45, 2.75) is 32.2 Å². The standard InChI is InChI=1S/C12H16N4S/c1-7-6-8-9(16-12(2)4-5-12)14-11(13-3)15-10(8)17-7/h6H,4-5H2,1-3H3,(H2,13,14,15,16). The molecule has 2 heterocycles. The largest absolute Gasteiger partial charge is 0.364 e. The summed E-state index contributed by atoms with van der Waals surface area (Å²) in [7, 11) is 1.85. The van der Waals surface area contributed by atoms with Gasteiger partial charge in [0.15, 0.2) is 0 Å². The van der Waals surface area contributed by atoms with Gasteiger partial charge in [-0.2, -0.15) is 4.98 Å². The Bertz CT molecular complexity index is 571. The van der Waals surface area contributed by atoms with Gasteiger partial charge in [0.25, 0.3) is 0 Å². The normalized spacial score (nSPS) is 17.1. The number of hydrogen-bond acceptors (Lipinski definition) is 5. The van der Waals surface area contributed by atoms with Crippen molar-refractivity contribution in [3.8, 4) is 0 Å². The second-order valence-corrected chi connectivity index (χ2v) is 6.14. The molecule has 0 bridgehead atoms. The van der Waals surface area contributed by atoms with Crippen LogP contribution in [0.5, 0.6) is 0 Å². The first-order valence-corrected chi connectivity index (χ1v) is 6.65. The van der Waals surface area contributed by atoms with E-state index < -0.39 is 0 Å². The molecule has 2 aromatic rings. The molecule has 17 heavy (non-hydrogen) atoms. The molecular weight excluding hydrogens is 232 g/mol. The average molecular weight is 248 g/mol. The Balaban J connectivity index is 2.12. The molecule has 1 aliphatic carbocycles. The molecule has 0 aliphatic heterocycles. The van der Waals surface area contributed by atoms with Crippen LogP contribution in [-0.2, 0) is 0 Å². The first-order valence-electron chi connectivity index (χ1n) is 5.84. The summed E-state index contributed by atoms with van der Waals surface area (Å²) in [5.41, 5.74) is 0.238. The molecule has 0 atom stereocenters. The summed E-state index contributed by atoms with van der Waals surface area (Å²) in [5.74, 6) is 1.65. The van der Waals surface area contributed by atoms with Crippen LogP contribution in [0.4, 0.5) is 11.8 Å². The van der Waals surface area contributed by atoms with E-state index in [-0.39, 0.29) is 5.54 Å². The molecule has 0 aromatic carbocycles. The van der Waals surface area contributed by atoms with Crippen molar-refractivity contribution >= 4 is 33.3 Å². The maximum absolute atomic E-state index is 4.53. The molecule has 2 aromatic heterocycles. The van der Waals surface area contributed by atoms with E-state index in [1.807, 2.05) is 7.05 Å². The number of fused-ring (bicyclic) bond motifs is 1. The van der Waals surface area contributed by atoms with Crippen LogP contribution in [0, 0.1) is 6.92 Å². The lowest BCUT2D eigenvalue weighted by atomic mass is 10.3. The Hall–Kier alpha value is -1.36. The Morgan fingerprint density at radius 3 is 2.76 bits per heavy atom. The number of hydrogen-bond donors (Lipinski definition) is 2. The van der Waals surface area contributed by atoms with Crippen LogP contribution in [0.25, 0.3) is 10.2 Å². The van der Waals surface area contributed by atoms with Crippen molar-refractivity contribution in [3.05, 3.63) is 10.9 Å². The van der Waals surface area contributed by atoms with Gasteiger partial charge in [0.05, 0.1) is 5.39 Å². The fraction of sp³-hybridized carbons (Fsp3) is 0.500. The van der Waals surface area contributed by atoms with Crippen LogP contribution >= 0.6 is 11.3 Å². The quantitative estimate of drug-likeness (QED) is 0.876. The van der Waals surface area contributed by atoms with E-state index in [9.17, 15) is 0 Å². The third kappa shape index (κ3) is 1.95. The van der Waals surface area contributed by atoms with Crippen LogP contribution in [0.3, 0.4) is 0 Å². The summed E-state index contributed by atoms with van der Waals surface area (Å²) in [6.07, 6.45) is 2.44. The number of nitrogens with zero attached hydrogens (tertiary/aromatic N) is 2. The van der Waals surface area contributed by atoms with Gasteiger partial charge < -0.3 is 10.6 Å². The van der Waals surface area contributed by atoms with Gasteiger partial charge in [-0.15, -0.1) is 11.3 Å². The molecule has 0 unspecified atom stereocenters. The lowest BCUT2D eigenvalue weighted by molar-refractivity contribution is 0.823. The molecule has 4 nitrogen and oxygen atoms in total. The molecular formula is C12H16N4S. The van der Waals surface area contributed by atoms with Gasteiger partial charge >= 0.3 is 0 Å². The Labute approximate surface area is 104 Å². The highest BCUT2D eigenvalue weighted by atomic mass is 32.1. The minimum absolute atomic E-state index is 0.238. The Morgan fingerprint density at radius 1 is 1.35 bits per heavy atom. The van der Waals surface area contributed by atoms with Crippen molar-refractivity contribution in [2.75, 3.05) is 17.7 Å². The third-order valence-corrected chi connectivity index (χ3v) is 4.10. The lowest BCUT2D eigenvalue weighted by Crippen LogP contribution is -2.17. The third-order valence-electron chi connectivity index (χ3n) is 3.16. The SMILES string of the molecule is CNc1nc(NC2(C)CC2)c2cc(C)sc2n1. The zero-order valence-electron chi connectivity index (χ0n) is 10.3. The smallest absolute Gasteiger partial charge is 0.225 e. The van der Waals surface area contributed by atoms with Gasteiger partial charge in [0.1, 0.15) is 10.6 Å². The monoisotopic (exact) mass is 248 g/mol. The van der Waals surface area contributed by atoms with Gasteiger partial charge in [-0.1, -0.05) is 0 Å². The topological polar surface area (TPSA) is 49.8 Å². The molecule has 0 spiro atoms. The molecule has 0 saturated heterocycles. The lowest BCUT2D eigenvalue weighted by Gasteiger charge is -2.13. The van der Waals surface area contributed by atoms with E-state index in [1.54, 1.807) is 11.3 Å². The second-order valence-electron chi connectivity index (χ2n) is 4.91. The van der Waals surface area contributed by atoms with Crippen LogP contribution < -0.4 is 10.6 Å². The predicted molar refractivity (Wildman–Crippen MR) is 73.0 cm³/mol. The van der Waals surface area contributed by atoms with Crippen molar-refractivity contribution in [3.63, 3.8) is 0 Å². The van der Waals surface area contributed by atoms with Crippen molar-refractivity contribution in [1.82, 2.24) is 9.97 Å². The molecule has 1 saturated carbocycles. The van der Waals surface area contributed by atoms with Crippen LogP contribution in [0.15, 0.2) is 6.07 Å². The van der Waals surface area contributed by atoms with Crippen molar-refractivity contribution in [2.24, 2.45) is 0 Å². The van der Waals surface area contributed by atoms with E-state index in [0.717, 1.165) is 16.0 Å². The summed E-state index contributed by atoms with van der Waals surface area (Å²) in [6, 6.07) is 2.16. The molecule has 3 rings (SSSR count). The highest BCUT2D eigenvalue weighted by Crippen LogP contribution is 2.40. The maximum Gasteiger partial charge on any atom is 0.225 e. The van der Waals surface area contributed by atoms with E-state index in [2.05, 4.69) is 40.5 Å². The zero-order valence-corrected chi connectivity index (χ0v) is 11.1. The number of thiophene rings is 1. The number of aromatic nitrogens is 2.